The van der Waals surface area contributed by atoms with Crippen molar-refractivity contribution in [3.8, 4) is 0 Å². The summed E-state index contributed by atoms with van der Waals surface area (Å²) in [4.78, 5) is 4.86. The molecule has 0 saturated heterocycles. The van der Waals surface area contributed by atoms with Crippen molar-refractivity contribution in [2.24, 2.45) is 0 Å². The van der Waals surface area contributed by atoms with E-state index in [-0.39, 0.29) is 13.4 Å². The first-order chi connectivity index (χ1) is 35.5. The highest BCUT2D eigenvalue weighted by Crippen LogP contribution is 2.38. The molecule has 0 aliphatic heterocycles. The van der Waals surface area contributed by atoms with E-state index in [1.807, 2.05) is 0 Å². The molecule has 0 bridgehead atoms. The number of rotatable bonds is 16. The van der Waals surface area contributed by atoms with Gasteiger partial charge in [-0.1, -0.05) is 221 Å². The first-order valence-corrected chi connectivity index (χ1v) is 27.4. The number of anilines is 2. The predicted molar refractivity (Wildman–Crippen MR) is 330 cm³/mol. The third-order valence-electron chi connectivity index (χ3n) is 16.0. The van der Waals surface area contributed by atoms with E-state index in [0.717, 1.165) is 26.2 Å². The lowest BCUT2D eigenvalue weighted by atomic mass is 9.34. The Balaban J connectivity index is 1.41. The molecule has 0 amide bonds. The molecule has 0 aliphatic carbocycles. The Morgan fingerprint density at radius 3 is 0.662 bits per heavy atom. The van der Waals surface area contributed by atoms with Gasteiger partial charge in [0.15, 0.2) is 0 Å². The van der Waals surface area contributed by atoms with Crippen molar-refractivity contribution in [3.05, 3.63) is 235 Å². The molecule has 0 radical (unpaired) electrons. The van der Waals surface area contributed by atoms with Gasteiger partial charge in [0.2, 0.25) is 13.4 Å². The summed E-state index contributed by atoms with van der Waals surface area (Å²) in [6, 6.07) is 57.0. The summed E-state index contributed by atoms with van der Waals surface area (Å²) in [5.74, 6) is 0. The van der Waals surface area contributed by atoms with Crippen LogP contribution in [0.25, 0.3) is 11.1 Å². The van der Waals surface area contributed by atoms with Gasteiger partial charge in [0.05, 0.1) is 0 Å². The maximum atomic E-state index is 2.43. The second-order valence-electron chi connectivity index (χ2n) is 21.5. The Labute approximate surface area is 447 Å². The zero-order valence-electron chi connectivity index (χ0n) is 47.7. The highest BCUT2D eigenvalue weighted by Gasteiger charge is 2.31. The highest BCUT2D eigenvalue weighted by molar-refractivity contribution is 6.97. The van der Waals surface area contributed by atoms with E-state index in [2.05, 4.69) is 266 Å². The van der Waals surface area contributed by atoms with Crippen molar-refractivity contribution >= 4 is 68.7 Å². The Bertz CT molecular complexity index is 2880. The molecule has 0 aromatic heterocycles. The molecule has 0 aliphatic rings. The van der Waals surface area contributed by atoms with Crippen molar-refractivity contribution in [3.63, 3.8) is 0 Å². The molecular formula is C70H80B2N2. The van der Waals surface area contributed by atoms with Crippen LogP contribution in [-0.2, 0) is 0 Å². The summed E-state index contributed by atoms with van der Waals surface area (Å²) >= 11 is 0. The van der Waals surface area contributed by atoms with Crippen LogP contribution < -0.4 is 42.6 Å². The lowest BCUT2D eigenvalue weighted by Gasteiger charge is -2.26. The van der Waals surface area contributed by atoms with Crippen LogP contribution in [0, 0.1) is 83.1 Å². The normalized spacial score (nSPS) is 11.2. The summed E-state index contributed by atoms with van der Waals surface area (Å²) in [6.45, 7) is 40.3. The largest absolute Gasteiger partial charge is 0.372 e. The molecule has 0 heterocycles. The van der Waals surface area contributed by atoms with Crippen molar-refractivity contribution in [1.82, 2.24) is 0 Å². The molecule has 4 heteroatoms. The quantitative estimate of drug-likeness (QED) is 0.0703. The van der Waals surface area contributed by atoms with Gasteiger partial charge in [0, 0.05) is 37.6 Å². The number of aryl methyl sites for hydroxylation is 12. The van der Waals surface area contributed by atoms with E-state index in [1.54, 1.807) is 0 Å². The molecule has 8 rings (SSSR count). The second kappa shape index (κ2) is 22.8. The van der Waals surface area contributed by atoms with E-state index < -0.39 is 0 Å². The van der Waals surface area contributed by atoms with Crippen LogP contribution in [0.1, 0.15) is 117 Å². The fourth-order valence-corrected chi connectivity index (χ4v) is 13.0. The zero-order valence-corrected chi connectivity index (χ0v) is 47.7. The monoisotopic (exact) mass is 971 g/mol. The fraction of sp³-hybridized carbons (Fsp3) is 0.286. The van der Waals surface area contributed by atoms with Crippen LogP contribution in [0.15, 0.2) is 146 Å². The first kappa shape index (κ1) is 53.5. The summed E-state index contributed by atoms with van der Waals surface area (Å²) < 4.78 is 0. The van der Waals surface area contributed by atoms with Crippen molar-refractivity contribution < 1.29 is 0 Å². The summed E-state index contributed by atoms with van der Waals surface area (Å²) in [7, 11) is 0. The minimum absolute atomic E-state index is 0.0796. The van der Waals surface area contributed by atoms with Gasteiger partial charge in [-0.3, -0.25) is 0 Å². The van der Waals surface area contributed by atoms with E-state index in [4.69, 9.17) is 0 Å². The average Bonchev–Trinajstić information content (AvgIpc) is 3.35. The van der Waals surface area contributed by atoms with Gasteiger partial charge >= 0.3 is 0 Å². The minimum atomic E-state index is 0.0796. The van der Waals surface area contributed by atoms with Crippen LogP contribution in [0.5, 0.6) is 0 Å². The lowest BCUT2D eigenvalue weighted by molar-refractivity contribution is 0.866. The molecule has 0 atom stereocenters. The Morgan fingerprint density at radius 2 is 0.473 bits per heavy atom. The molecule has 0 saturated carbocycles. The molecule has 2 nitrogen and oxygen atoms in total. The Morgan fingerprint density at radius 1 is 0.284 bits per heavy atom. The Hall–Kier alpha value is -6.77. The number of hydrogen-bond donors (Lipinski definition) is 0. The molecule has 0 spiro atoms. The second-order valence-corrected chi connectivity index (χ2v) is 21.5. The molecule has 0 unspecified atom stereocenters. The molecule has 0 fully saturated rings. The summed E-state index contributed by atoms with van der Waals surface area (Å²) in [5, 5.41) is 0. The Kier molecular flexibility index (Phi) is 16.5. The first-order valence-electron chi connectivity index (χ1n) is 27.4. The number of nitrogens with zero attached hydrogens (tertiary/aromatic N) is 2. The molecular weight excluding hydrogens is 890 g/mol. The number of benzene rings is 8. The van der Waals surface area contributed by atoms with Crippen molar-refractivity contribution in [2.45, 2.75) is 111 Å². The van der Waals surface area contributed by atoms with Gasteiger partial charge in [0.25, 0.3) is 0 Å². The summed E-state index contributed by atoms with van der Waals surface area (Å²) in [5.41, 5.74) is 33.9. The minimum Gasteiger partial charge on any atom is -0.372 e. The van der Waals surface area contributed by atoms with Crippen LogP contribution in [0.3, 0.4) is 0 Å². The van der Waals surface area contributed by atoms with Gasteiger partial charge in [0.1, 0.15) is 0 Å². The third-order valence-corrected chi connectivity index (χ3v) is 16.0. The molecule has 0 N–H and O–H groups in total. The van der Waals surface area contributed by atoms with E-state index >= 15 is 0 Å². The van der Waals surface area contributed by atoms with E-state index in [0.29, 0.717) is 0 Å². The molecule has 8 aromatic carbocycles. The maximum Gasteiger partial charge on any atom is 0.242 e. The molecule has 376 valence electrons. The van der Waals surface area contributed by atoms with Crippen LogP contribution in [0.4, 0.5) is 11.4 Å². The van der Waals surface area contributed by atoms with Gasteiger partial charge in [-0.05, 0) is 168 Å². The van der Waals surface area contributed by atoms with Crippen LogP contribution in [0.2, 0.25) is 0 Å². The SMILES string of the molecule is CCN(CC)c1ccc(C(=C(c2ccc(B(c3c(C)cc(C)cc3C)c3c(C)cc(C)cc3C)cc2)c2ccc(B(c3c(C)cc(C)cc3C)c3c(C)cc(C)cc3C)cc2)c2ccc(N(CC)CC)cc2)cc1. The summed E-state index contributed by atoms with van der Waals surface area (Å²) in [6.07, 6.45) is 0. The fourth-order valence-electron chi connectivity index (χ4n) is 13.0. The average molecular weight is 971 g/mol. The van der Waals surface area contributed by atoms with Crippen LogP contribution >= 0.6 is 0 Å². The smallest absolute Gasteiger partial charge is 0.242 e. The third kappa shape index (κ3) is 10.9. The van der Waals surface area contributed by atoms with Gasteiger partial charge in [-0.25, -0.2) is 0 Å². The van der Waals surface area contributed by atoms with Gasteiger partial charge in [-0.15, -0.1) is 0 Å². The van der Waals surface area contributed by atoms with Crippen molar-refractivity contribution in [2.75, 3.05) is 36.0 Å². The van der Waals surface area contributed by atoms with Gasteiger partial charge < -0.3 is 9.80 Å². The zero-order chi connectivity index (χ0) is 53.1. The number of hydrogen-bond acceptors (Lipinski definition) is 2. The maximum absolute atomic E-state index is 2.43. The standard InChI is InChI=1S/C70H80B2N2/c1-17-73(18-2)63-33-25-59(26-34-63)66(60-27-35-64(36-28-60)74(19-3)20-4)65(57-21-29-61(30-22-57)71(67-49(9)37-45(5)38-50(67)10)68-51(11)39-46(6)40-52(68)12)58-23-31-62(32-24-58)72(69-53(13)41-47(7)42-54(69)14)70-55(15)43-48(8)44-56(70)16/h21-44H,17-20H2,1-16H3. The molecule has 74 heavy (non-hydrogen) atoms. The molecule has 8 aromatic rings. The van der Waals surface area contributed by atoms with Gasteiger partial charge in [-0.2, -0.15) is 0 Å². The highest BCUT2D eigenvalue weighted by atomic mass is 15.1. The van der Waals surface area contributed by atoms with Crippen molar-refractivity contribution in [1.29, 1.82) is 0 Å². The van der Waals surface area contributed by atoms with E-state index in [9.17, 15) is 0 Å². The van der Waals surface area contributed by atoms with Crippen LogP contribution in [-0.4, -0.2) is 39.6 Å². The predicted octanol–water partition coefficient (Wildman–Crippen LogP) is 13.1. The lowest BCUT2D eigenvalue weighted by Crippen LogP contribution is -2.55. The topological polar surface area (TPSA) is 6.48 Å². The van der Waals surface area contributed by atoms with E-state index in [1.165, 1.54) is 144 Å².